The molecule has 0 saturated heterocycles. The highest BCUT2D eigenvalue weighted by Crippen LogP contribution is 2.42. The maximum atomic E-state index is 12.5. The Morgan fingerprint density at radius 1 is 0.583 bits per heavy atom. The molecule has 1 N–H and O–H groups in total. The van der Waals surface area contributed by atoms with Gasteiger partial charge in [-0.15, -0.1) is 0 Å². The lowest BCUT2D eigenvalue weighted by Crippen LogP contribution is -2.29. The molecule has 282 valence electrons. The molecule has 0 aromatic heterocycles. The summed E-state index contributed by atoms with van der Waals surface area (Å²) in [4.78, 5) is 34.3. The van der Waals surface area contributed by atoms with Crippen LogP contribution >= 0.6 is 7.82 Å². The van der Waals surface area contributed by atoms with Gasteiger partial charge in [0.2, 0.25) is 0 Å². The van der Waals surface area contributed by atoms with E-state index in [4.69, 9.17) is 14.0 Å². The number of carbonyl (C=O) groups excluding carboxylic acids is 2. The maximum Gasteiger partial charge on any atom is 0.472 e. The van der Waals surface area contributed by atoms with Crippen LogP contribution in [0.4, 0.5) is 0 Å². The van der Waals surface area contributed by atoms with Crippen LogP contribution in [0.5, 0.6) is 0 Å². The van der Waals surface area contributed by atoms with Crippen molar-refractivity contribution >= 4 is 19.8 Å². The van der Waals surface area contributed by atoms with Crippen LogP contribution in [-0.4, -0.2) is 43.3 Å². The Labute approximate surface area is 294 Å². The van der Waals surface area contributed by atoms with E-state index in [1.165, 1.54) is 96.3 Å². The van der Waals surface area contributed by atoms with Gasteiger partial charge in [-0.05, 0) is 44.9 Å². The van der Waals surface area contributed by atoms with Gasteiger partial charge in [0.05, 0.1) is 6.61 Å². The highest BCUT2D eigenvalue weighted by Gasteiger charge is 2.24. The molecular formula is C39H73O8P. The van der Waals surface area contributed by atoms with Crippen molar-refractivity contribution in [2.45, 2.75) is 193 Å². The molecule has 48 heavy (non-hydrogen) atoms. The Balaban J connectivity index is 4.06. The molecule has 0 amide bonds. The monoisotopic (exact) mass is 701 g/mol. The van der Waals surface area contributed by atoms with E-state index in [0.29, 0.717) is 12.8 Å². The molecular weight excluding hydrogens is 627 g/mol. The van der Waals surface area contributed by atoms with Crippen molar-refractivity contribution in [1.82, 2.24) is 0 Å². The van der Waals surface area contributed by atoms with Gasteiger partial charge in [-0.25, -0.2) is 4.57 Å². The summed E-state index contributed by atoms with van der Waals surface area (Å²) in [6.45, 7) is 3.86. The maximum absolute atomic E-state index is 12.5. The molecule has 0 aliphatic carbocycles. The molecule has 2 atom stereocenters. The Bertz CT molecular complexity index is 844. The van der Waals surface area contributed by atoms with E-state index in [-0.39, 0.29) is 19.0 Å². The summed E-state index contributed by atoms with van der Waals surface area (Å²) in [7, 11) is -3.20. The average molecular weight is 701 g/mol. The Hall–Kier alpha value is -1.47. The Morgan fingerprint density at radius 2 is 1.00 bits per heavy atom. The van der Waals surface area contributed by atoms with Crippen molar-refractivity contribution in [3.05, 3.63) is 24.3 Å². The molecule has 0 radical (unpaired) electrons. The number of allylic oxidation sites excluding steroid dienone is 4. The molecule has 0 aliphatic heterocycles. The summed E-state index contributed by atoms with van der Waals surface area (Å²) in [5.41, 5.74) is 0. The summed E-state index contributed by atoms with van der Waals surface area (Å²) in [5, 5.41) is 0. The van der Waals surface area contributed by atoms with Gasteiger partial charge in [0, 0.05) is 20.0 Å². The predicted molar refractivity (Wildman–Crippen MR) is 198 cm³/mol. The first-order valence-electron chi connectivity index (χ1n) is 19.5. The number of hydrogen-bond acceptors (Lipinski definition) is 7. The number of carbonyl (C=O) groups is 2. The summed E-state index contributed by atoms with van der Waals surface area (Å²) >= 11 is 0. The second-order valence-electron chi connectivity index (χ2n) is 13.1. The number of esters is 2. The third-order valence-electron chi connectivity index (χ3n) is 8.45. The highest BCUT2D eigenvalue weighted by atomic mass is 31.2. The van der Waals surface area contributed by atoms with Crippen LogP contribution in [0, 0.1) is 0 Å². The molecule has 0 saturated carbocycles. The molecule has 0 aromatic rings. The minimum Gasteiger partial charge on any atom is -0.462 e. The zero-order chi connectivity index (χ0) is 35.4. The zero-order valence-corrected chi connectivity index (χ0v) is 32.0. The first-order chi connectivity index (χ1) is 23.3. The van der Waals surface area contributed by atoms with Crippen molar-refractivity contribution in [2.24, 2.45) is 0 Å². The normalized spacial score (nSPS) is 13.7. The minimum atomic E-state index is -4.26. The van der Waals surface area contributed by atoms with Crippen LogP contribution in [0.3, 0.4) is 0 Å². The number of phosphoric ester groups is 1. The lowest BCUT2D eigenvalue weighted by Gasteiger charge is -2.19. The summed E-state index contributed by atoms with van der Waals surface area (Å²) in [5.74, 6) is -0.815. The lowest BCUT2D eigenvalue weighted by atomic mass is 10.0. The van der Waals surface area contributed by atoms with Crippen molar-refractivity contribution in [1.29, 1.82) is 0 Å². The smallest absolute Gasteiger partial charge is 0.462 e. The standard InChI is InChI=1S/C39H73O8P/c1-4-6-8-10-12-14-16-18-19-20-22-24-26-28-30-32-34-39(41)47-37(36-46-48(42,43)44-3)35-45-38(40)33-31-29-27-25-23-21-17-15-13-11-9-7-5-2/h14,16,19-20,37H,4-13,15,17-18,21-36H2,1-3H3,(H,42,43)/b16-14-,20-19-. The largest absolute Gasteiger partial charge is 0.472 e. The fourth-order valence-electron chi connectivity index (χ4n) is 5.39. The van der Waals surface area contributed by atoms with Gasteiger partial charge in [0.1, 0.15) is 6.61 Å². The first kappa shape index (κ1) is 46.5. The van der Waals surface area contributed by atoms with Crippen LogP contribution in [0.2, 0.25) is 0 Å². The molecule has 0 fully saturated rings. The molecule has 2 unspecified atom stereocenters. The molecule has 0 heterocycles. The quantitative estimate of drug-likeness (QED) is 0.0298. The second kappa shape index (κ2) is 35.4. The molecule has 9 heteroatoms. The fourth-order valence-corrected chi connectivity index (χ4v) is 5.85. The van der Waals surface area contributed by atoms with E-state index >= 15 is 0 Å². The van der Waals surface area contributed by atoms with Gasteiger partial charge in [0.15, 0.2) is 6.10 Å². The van der Waals surface area contributed by atoms with E-state index in [2.05, 4.69) is 42.7 Å². The number of unbranched alkanes of at least 4 members (excludes halogenated alkanes) is 21. The van der Waals surface area contributed by atoms with Gasteiger partial charge < -0.3 is 14.4 Å². The summed E-state index contributed by atoms with van der Waals surface area (Å²) in [6.07, 6.45) is 37.9. The third kappa shape index (κ3) is 34.4. The topological polar surface area (TPSA) is 108 Å². The van der Waals surface area contributed by atoms with Gasteiger partial charge in [0.25, 0.3) is 0 Å². The van der Waals surface area contributed by atoms with E-state index < -0.39 is 26.5 Å². The van der Waals surface area contributed by atoms with Crippen molar-refractivity contribution < 1.29 is 37.6 Å². The second-order valence-corrected chi connectivity index (χ2v) is 14.6. The summed E-state index contributed by atoms with van der Waals surface area (Å²) in [6, 6.07) is 0. The first-order valence-corrected chi connectivity index (χ1v) is 21.0. The SMILES string of the molecule is CCCCCC/C=C\C/C=C\CCCCCCCC(=O)OC(COC(=O)CCCCCCCCCCCCCCC)COP(=O)(O)OC. The van der Waals surface area contributed by atoms with Crippen LogP contribution < -0.4 is 0 Å². The predicted octanol–water partition coefficient (Wildman–Crippen LogP) is 11.9. The lowest BCUT2D eigenvalue weighted by molar-refractivity contribution is -0.161. The molecule has 0 spiro atoms. The average Bonchev–Trinajstić information content (AvgIpc) is 3.07. The zero-order valence-electron chi connectivity index (χ0n) is 31.1. The minimum absolute atomic E-state index is 0.227. The van der Waals surface area contributed by atoms with E-state index in [0.717, 1.165) is 64.9 Å². The molecule has 0 rings (SSSR count). The van der Waals surface area contributed by atoms with Crippen molar-refractivity contribution in [3.8, 4) is 0 Å². The fraction of sp³-hybridized carbons (Fsp3) is 0.846. The number of phosphoric acid groups is 1. The third-order valence-corrected chi connectivity index (χ3v) is 9.39. The van der Waals surface area contributed by atoms with Gasteiger partial charge in [-0.2, -0.15) is 0 Å². The van der Waals surface area contributed by atoms with Crippen LogP contribution in [0.15, 0.2) is 24.3 Å². The van der Waals surface area contributed by atoms with Gasteiger partial charge in [-0.3, -0.25) is 18.6 Å². The van der Waals surface area contributed by atoms with Crippen LogP contribution in [-0.2, 0) is 32.7 Å². The Morgan fingerprint density at radius 3 is 1.48 bits per heavy atom. The van der Waals surface area contributed by atoms with Crippen molar-refractivity contribution in [2.75, 3.05) is 20.3 Å². The molecule has 0 aliphatic rings. The summed E-state index contributed by atoms with van der Waals surface area (Å²) < 4.78 is 31.9. The van der Waals surface area contributed by atoms with E-state index in [1.807, 2.05) is 0 Å². The number of rotatable bonds is 36. The molecule has 8 nitrogen and oxygen atoms in total. The molecule has 0 bridgehead atoms. The van der Waals surface area contributed by atoms with Crippen LogP contribution in [0.25, 0.3) is 0 Å². The van der Waals surface area contributed by atoms with Gasteiger partial charge in [-0.1, -0.05) is 154 Å². The van der Waals surface area contributed by atoms with Crippen molar-refractivity contribution in [3.63, 3.8) is 0 Å². The number of ether oxygens (including phenoxy) is 2. The Kier molecular flexibility index (Phi) is 34.3. The number of hydrogen-bond donors (Lipinski definition) is 1. The molecule has 0 aromatic carbocycles. The van der Waals surface area contributed by atoms with E-state index in [1.54, 1.807) is 0 Å². The van der Waals surface area contributed by atoms with E-state index in [9.17, 15) is 19.0 Å². The van der Waals surface area contributed by atoms with Gasteiger partial charge >= 0.3 is 19.8 Å². The highest BCUT2D eigenvalue weighted by molar-refractivity contribution is 7.47. The van der Waals surface area contributed by atoms with Crippen LogP contribution in [0.1, 0.15) is 187 Å².